The number of aryl methyl sites for hydroxylation is 1. The van der Waals surface area contributed by atoms with E-state index in [1.807, 2.05) is 13.0 Å². The van der Waals surface area contributed by atoms with Gasteiger partial charge in [0.05, 0.1) is 12.2 Å². The number of alkyl halides is 3. The van der Waals surface area contributed by atoms with Crippen LogP contribution in [0.4, 0.5) is 13.2 Å². The lowest BCUT2D eigenvalue weighted by Gasteiger charge is -2.13. The zero-order chi connectivity index (χ0) is 20.2. The van der Waals surface area contributed by atoms with E-state index in [1.54, 1.807) is 6.07 Å². The molecule has 0 spiro atoms. The van der Waals surface area contributed by atoms with Crippen LogP contribution in [0.3, 0.4) is 0 Å². The Labute approximate surface area is 162 Å². The van der Waals surface area contributed by atoms with Gasteiger partial charge in [0.2, 0.25) is 0 Å². The summed E-state index contributed by atoms with van der Waals surface area (Å²) in [6.45, 7) is 1.56. The van der Waals surface area contributed by atoms with Gasteiger partial charge in [0.1, 0.15) is 11.3 Å². The average Bonchev–Trinajstić information content (AvgIpc) is 3.28. The largest absolute Gasteiger partial charge is 0.433 e. The van der Waals surface area contributed by atoms with E-state index in [9.17, 15) is 18.0 Å². The normalized spacial score (nSPS) is 19.0. The smallest absolute Gasteiger partial charge is 0.269 e. The lowest BCUT2D eigenvalue weighted by molar-refractivity contribution is -0.144. The maximum Gasteiger partial charge on any atom is 0.433 e. The number of hydrogen-bond acceptors (Lipinski definition) is 3. The molecular formula is C19H14ClF3N4O. The van der Waals surface area contributed by atoms with Crippen molar-refractivity contribution in [3.63, 3.8) is 0 Å². The number of hydrogen-bond donors (Lipinski definition) is 0. The second-order valence-electron chi connectivity index (χ2n) is 6.80. The lowest BCUT2D eigenvalue weighted by atomic mass is 10.1. The van der Waals surface area contributed by atoms with E-state index in [0.717, 1.165) is 23.7 Å². The van der Waals surface area contributed by atoms with E-state index in [0.29, 0.717) is 10.3 Å². The fraction of sp³-hybridized carbons (Fsp3) is 0.316. The van der Waals surface area contributed by atoms with Crippen molar-refractivity contribution in [3.05, 3.63) is 62.4 Å². The molecule has 1 saturated carbocycles. The fourth-order valence-corrected chi connectivity index (χ4v) is 3.67. The molecule has 9 heteroatoms. The van der Waals surface area contributed by atoms with Gasteiger partial charge in [-0.2, -0.15) is 18.3 Å². The lowest BCUT2D eigenvalue weighted by Crippen LogP contribution is -2.22. The Balaban J connectivity index is 1.79. The van der Waals surface area contributed by atoms with Crippen LogP contribution >= 0.6 is 11.6 Å². The topological polar surface area (TPSA) is 52.2 Å². The third kappa shape index (κ3) is 3.16. The van der Waals surface area contributed by atoms with Gasteiger partial charge in [-0.05, 0) is 25.0 Å². The molecule has 0 bridgehead atoms. The average molecular weight is 407 g/mol. The molecule has 0 saturated heterocycles. The summed E-state index contributed by atoms with van der Waals surface area (Å²) in [6.07, 6.45) is 1.67. The monoisotopic (exact) mass is 406 g/mol. The van der Waals surface area contributed by atoms with Crippen LogP contribution in [-0.2, 0) is 12.7 Å². The zero-order valence-corrected chi connectivity index (χ0v) is 15.4. The molecule has 1 fully saturated rings. The molecular weight excluding hydrogens is 393 g/mol. The van der Waals surface area contributed by atoms with Gasteiger partial charge in [0.15, 0.2) is 5.15 Å². The molecule has 3 aromatic rings. The minimum Gasteiger partial charge on any atom is -0.269 e. The number of aromatic nitrogens is 4. The van der Waals surface area contributed by atoms with Crippen molar-refractivity contribution in [2.45, 2.75) is 32.0 Å². The second-order valence-corrected chi connectivity index (χ2v) is 7.19. The van der Waals surface area contributed by atoms with Crippen molar-refractivity contribution >= 4 is 17.2 Å². The van der Waals surface area contributed by atoms with Crippen molar-refractivity contribution in [1.82, 2.24) is 19.2 Å². The van der Waals surface area contributed by atoms with Gasteiger partial charge in [0.25, 0.3) is 5.56 Å². The maximum absolute atomic E-state index is 13.1. The van der Waals surface area contributed by atoms with Crippen molar-refractivity contribution in [1.29, 1.82) is 0 Å². The highest BCUT2D eigenvalue weighted by Gasteiger charge is 2.40. The summed E-state index contributed by atoms with van der Waals surface area (Å²) in [6, 6.07) is 5.46. The third-order valence-corrected chi connectivity index (χ3v) is 5.02. The molecule has 1 aliphatic carbocycles. The van der Waals surface area contributed by atoms with Crippen LogP contribution in [0, 0.1) is 25.2 Å². The predicted octanol–water partition coefficient (Wildman–Crippen LogP) is 3.66. The molecule has 144 valence electrons. The summed E-state index contributed by atoms with van der Waals surface area (Å²) in [7, 11) is 0. The molecule has 4 rings (SSSR count). The Bertz CT molecular complexity index is 1190. The van der Waals surface area contributed by atoms with Crippen LogP contribution < -0.4 is 5.56 Å². The molecule has 28 heavy (non-hydrogen) atoms. The molecule has 0 aromatic carbocycles. The Morgan fingerprint density at radius 1 is 1.36 bits per heavy atom. The molecule has 0 radical (unpaired) electrons. The summed E-state index contributed by atoms with van der Waals surface area (Å²) < 4.78 is 41.6. The Morgan fingerprint density at radius 2 is 2.11 bits per heavy atom. The first-order valence-corrected chi connectivity index (χ1v) is 8.85. The van der Waals surface area contributed by atoms with Crippen LogP contribution in [-0.4, -0.2) is 19.2 Å². The van der Waals surface area contributed by atoms with Crippen LogP contribution in [0.25, 0.3) is 5.65 Å². The molecule has 3 aromatic heterocycles. The number of nitrogens with zero attached hydrogens (tertiary/aromatic N) is 4. The predicted molar refractivity (Wildman–Crippen MR) is 97.2 cm³/mol. The van der Waals surface area contributed by atoms with Crippen molar-refractivity contribution in [2.75, 3.05) is 0 Å². The second kappa shape index (κ2) is 6.38. The van der Waals surface area contributed by atoms with Crippen molar-refractivity contribution in [2.24, 2.45) is 5.92 Å². The van der Waals surface area contributed by atoms with E-state index in [2.05, 4.69) is 16.0 Å². The van der Waals surface area contributed by atoms with E-state index >= 15 is 0 Å². The van der Waals surface area contributed by atoms with Crippen molar-refractivity contribution in [3.8, 4) is 12.3 Å². The standard InChI is InChI=1S/C19H14ClF3N4O/c1-3-11-6-13(11)18-10(2)4-5-16-24-12(7-17(28)27(16)18)9-26-14(19(21,22)23)8-15(20)25-26/h1,4-5,7-8,11,13H,6,9H2,2H3. The molecule has 0 aliphatic heterocycles. The van der Waals surface area contributed by atoms with Gasteiger partial charge < -0.3 is 0 Å². The van der Waals surface area contributed by atoms with E-state index < -0.39 is 11.9 Å². The van der Waals surface area contributed by atoms with E-state index in [-0.39, 0.29) is 34.8 Å². The number of rotatable bonds is 3. The molecule has 3 heterocycles. The molecule has 5 nitrogen and oxygen atoms in total. The summed E-state index contributed by atoms with van der Waals surface area (Å²) in [5.41, 5.74) is 0.881. The summed E-state index contributed by atoms with van der Waals surface area (Å²) in [4.78, 5) is 17.1. The SMILES string of the molecule is C#CC1CC1c1c(C)ccc2nc(Cn3nc(Cl)cc3C(F)(F)F)cc(=O)n12. The third-order valence-electron chi connectivity index (χ3n) is 4.83. The first-order chi connectivity index (χ1) is 13.2. The maximum atomic E-state index is 13.1. The quantitative estimate of drug-likeness (QED) is 0.624. The van der Waals surface area contributed by atoms with Gasteiger partial charge in [-0.15, -0.1) is 12.3 Å². The number of fused-ring (bicyclic) bond motifs is 1. The minimum atomic E-state index is -4.62. The van der Waals surface area contributed by atoms with Crippen molar-refractivity contribution < 1.29 is 13.2 Å². The van der Waals surface area contributed by atoms with Gasteiger partial charge >= 0.3 is 6.18 Å². The molecule has 2 unspecified atom stereocenters. The molecule has 2 atom stereocenters. The number of halogens is 4. The Morgan fingerprint density at radius 3 is 2.75 bits per heavy atom. The summed E-state index contributed by atoms with van der Waals surface area (Å²) in [5, 5.41) is 3.38. The first-order valence-electron chi connectivity index (χ1n) is 8.48. The summed E-state index contributed by atoms with van der Waals surface area (Å²) >= 11 is 5.64. The van der Waals surface area contributed by atoms with Crippen LogP contribution in [0.5, 0.6) is 0 Å². The van der Waals surface area contributed by atoms with Gasteiger partial charge in [0, 0.05) is 29.7 Å². The Kier molecular flexibility index (Phi) is 4.23. The minimum absolute atomic E-state index is 0.0800. The van der Waals surface area contributed by atoms with Gasteiger partial charge in [-0.3, -0.25) is 13.9 Å². The zero-order valence-electron chi connectivity index (χ0n) is 14.7. The molecule has 1 aliphatic rings. The van der Waals surface area contributed by atoms with Gasteiger partial charge in [-0.25, -0.2) is 4.98 Å². The summed E-state index contributed by atoms with van der Waals surface area (Å²) in [5.74, 6) is 2.86. The highest BCUT2D eigenvalue weighted by atomic mass is 35.5. The van der Waals surface area contributed by atoms with Crippen LogP contribution in [0.1, 0.15) is 35.0 Å². The van der Waals surface area contributed by atoms with Gasteiger partial charge in [-0.1, -0.05) is 17.7 Å². The number of pyridine rings is 1. The van der Waals surface area contributed by atoms with Crippen LogP contribution in [0.15, 0.2) is 29.1 Å². The molecule has 0 N–H and O–H groups in total. The Hall–Kier alpha value is -2.79. The highest BCUT2D eigenvalue weighted by Crippen LogP contribution is 2.47. The molecule has 0 amide bonds. The van der Waals surface area contributed by atoms with Crippen LogP contribution in [0.2, 0.25) is 5.15 Å². The van der Waals surface area contributed by atoms with E-state index in [4.69, 9.17) is 18.0 Å². The highest BCUT2D eigenvalue weighted by molar-refractivity contribution is 6.29. The fourth-order valence-electron chi connectivity index (χ4n) is 3.47. The first kappa shape index (κ1) is 18.6. The van der Waals surface area contributed by atoms with E-state index in [1.165, 1.54) is 10.5 Å². The number of terminal acetylenes is 1.